The van der Waals surface area contributed by atoms with Gasteiger partial charge in [-0.15, -0.1) is 12.4 Å². The van der Waals surface area contributed by atoms with Crippen LogP contribution in [-0.4, -0.2) is 7.11 Å². The van der Waals surface area contributed by atoms with Crippen LogP contribution in [0.3, 0.4) is 0 Å². The highest BCUT2D eigenvalue weighted by Crippen LogP contribution is 2.35. The van der Waals surface area contributed by atoms with Crippen molar-refractivity contribution in [3.8, 4) is 17.1 Å². The summed E-state index contributed by atoms with van der Waals surface area (Å²) in [6.45, 7) is 0.671. The fourth-order valence-electron chi connectivity index (χ4n) is 2.18. The van der Waals surface area contributed by atoms with Gasteiger partial charge in [0.2, 0.25) is 5.88 Å². The van der Waals surface area contributed by atoms with Crippen LogP contribution in [-0.2, 0) is 6.54 Å². The van der Waals surface area contributed by atoms with Crippen molar-refractivity contribution in [1.82, 2.24) is 0 Å². The van der Waals surface area contributed by atoms with E-state index in [2.05, 4.69) is 17.4 Å². The van der Waals surface area contributed by atoms with Crippen LogP contribution in [0.2, 0.25) is 5.02 Å². The summed E-state index contributed by atoms with van der Waals surface area (Å²) in [6, 6.07) is 19.5. The molecule has 0 spiro atoms. The van der Waals surface area contributed by atoms with Crippen LogP contribution in [0.15, 0.2) is 65.1 Å². The van der Waals surface area contributed by atoms with Gasteiger partial charge in [-0.25, -0.2) is 0 Å². The maximum absolute atomic E-state index is 5.91. The highest BCUT2D eigenvalue weighted by atomic mass is 35.5. The Kier molecular flexibility index (Phi) is 5.97. The van der Waals surface area contributed by atoms with E-state index in [0.29, 0.717) is 23.2 Å². The summed E-state index contributed by atoms with van der Waals surface area (Å²) in [7, 11) is 1.63. The first-order valence-electron chi connectivity index (χ1n) is 6.98. The number of nitrogens with one attached hydrogen (secondary N) is 1. The first kappa shape index (κ1) is 17.3. The van der Waals surface area contributed by atoms with Crippen molar-refractivity contribution < 1.29 is 9.15 Å². The molecule has 0 saturated carbocycles. The third-order valence-corrected chi connectivity index (χ3v) is 3.59. The molecule has 3 nitrogen and oxygen atoms in total. The summed E-state index contributed by atoms with van der Waals surface area (Å²) < 4.78 is 11.3. The zero-order valence-corrected chi connectivity index (χ0v) is 14.2. The Labute approximate surface area is 146 Å². The maximum atomic E-state index is 5.91. The van der Waals surface area contributed by atoms with Crippen molar-refractivity contribution in [2.75, 3.05) is 12.4 Å². The highest BCUT2D eigenvalue weighted by molar-refractivity contribution is 6.30. The number of rotatable bonds is 5. The van der Waals surface area contributed by atoms with Gasteiger partial charge < -0.3 is 14.5 Å². The van der Waals surface area contributed by atoms with E-state index in [1.54, 1.807) is 7.11 Å². The first-order valence-corrected chi connectivity index (χ1v) is 7.35. The highest BCUT2D eigenvalue weighted by Gasteiger charge is 2.13. The molecule has 0 aliphatic carbocycles. The Balaban J connectivity index is 0.00000192. The summed E-state index contributed by atoms with van der Waals surface area (Å²) in [5.74, 6) is 2.04. The lowest BCUT2D eigenvalue weighted by atomic mass is 10.2. The summed E-state index contributed by atoms with van der Waals surface area (Å²) in [5.41, 5.74) is 2.13. The molecule has 23 heavy (non-hydrogen) atoms. The molecule has 0 bridgehead atoms. The van der Waals surface area contributed by atoms with Crippen LogP contribution in [0.25, 0.3) is 11.3 Å². The number of halogens is 2. The molecule has 0 saturated heterocycles. The number of anilines is 1. The largest absolute Gasteiger partial charge is 0.491 e. The van der Waals surface area contributed by atoms with E-state index in [4.69, 9.17) is 20.8 Å². The lowest BCUT2D eigenvalue weighted by Gasteiger charge is -2.05. The molecule has 0 unspecified atom stereocenters. The summed E-state index contributed by atoms with van der Waals surface area (Å²) in [5, 5.41) is 3.96. The van der Waals surface area contributed by atoms with Crippen molar-refractivity contribution in [1.29, 1.82) is 0 Å². The van der Waals surface area contributed by atoms with E-state index in [1.165, 1.54) is 5.56 Å². The Morgan fingerprint density at radius 3 is 2.39 bits per heavy atom. The molecule has 3 rings (SSSR count). The normalized spacial score (nSPS) is 10.0. The van der Waals surface area contributed by atoms with Crippen molar-refractivity contribution in [2.45, 2.75) is 6.54 Å². The topological polar surface area (TPSA) is 34.4 Å². The molecule has 2 aromatic carbocycles. The van der Waals surface area contributed by atoms with Crippen LogP contribution < -0.4 is 10.1 Å². The van der Waals surface area contributed by atoms with Gasteiger partial charge in [-0.1, -0.05) is 41.9 Å². The monoisotopic (exact) mass is 349 g/mol. The van der Waals surface area contributed by atoms with E-state index in [0.717, 1.165) is 11.3 Å². The molecule has 0 amide bonds. The lowest BCUT2D eigenvalue weighted by molar-refractivity contribution is 0.410. The quantitative estimate of drug-likeness (QED) is 0.646. The molecule has 0 aliphatic rings. The van der Waals surface area contributed by atoms with Gasteiger partial charge in [0.15, 0.2) is 5.75 Å². The van der Waals surface area contributed by atoms with Crippen LogP contribution in [0, 0.1) is 0 Å². The summed E-state index contributed by atoms with van der Waals surface area (Å²) in [6.07, 6.45) is 0. The Morgan fingerprint density at radius 2 is 1.74 bits per heavy atom. The van der Waals surface area contributed by atoms with Gasteiger partial charge in [-0.3, -0.25) is 0 Å². The van der Waals surface area contributed by atoms with Crippen LogP contribution in [0.4, 0.5) is 5.88 Å². The zero-order valence-electron chi connectivity index (χ0n) is 12.6. The van der Waals surface area contributed by atoms with Crippen molar-refractivity contribution in [2.24, 2.45) is 0 Å². The molecule has 120 valence electrons. The fourth-order valence-corrected chi connectivity index (χ4v) is 2.31. The average Bonchev–Trinajstić information content (AvgIpc) is 2.98. The number of benzene rings is 2. The van der Waals surface area contributed by atoms with Gasteiger partial charge in [-0.05, 0) is 29.8 Å². The first-order chi connectivity index (χ1) is 10.8. The second kappa shape index (κ2) is 7.95. The Hall–Kier alpha value is -2.10. The van der Waals surface area contributed by atoms with Gasteiger partial charge in [0.25, 0.3) is 0 Å². The van der Waals surface area contributed by atoms with Crippen molar-refractivity contribution in [3.63, 3.8) is 0 Å². The van der Waals surface area contributed by atoms with Crippen LogP contribution >= 0.6 is 24.0 Å². The number of hydrogen-bond acceptors (Lipinski definition) is 3. The predicted octanol–water partition coefficient (Wildman–Crippen LogP) is 5.64. The predicted molar refractivity (Wildman–Crippen MR) is 96.7 cm³/mol. The standard InChI is InChI=1S/C18H16ClNO2.ClH/c1-21-17-11-16(14-7-9-15(19)10-8-14)22-18(17)20-12-13-5-3-2-4-6-13;/h2-11,20H,12H2,1H3;1H. The molecule has 0 atom stereocenters. The van der Waals surface area contributed by atoms with Gasteiger partial charge in [0.1, 0.15) is 5.76 Å². The van der Waals surface area contributed by atoms with E-state index >= 15 is 0 Å². The molecule has 0 radical (unpaired) electrons. The minimum absolute atomic E-state index is 0. The van der Waals surface area contributed by atoms with Gasteiger partial charge >= 0.3 is 0 Å². The van der Waals surface area contributed by atoms with Gasteiger partial charge in [-0.2, -0.15) is 0 Å². The molecule has 3 aromatic rings. The average molecular weight is 350 g/mol. The van der Waals surface area contributed by atoms with Gasteiger partial charge in [0.05, 0.1) is 7.11 Å². The zero-order chi connectivity index (χ0) is 15.4. The van der Waals surface area contributed by atoms with E-state index in [1.807, 2.05) is 48.5 Å². The Morgan fingerprint density at radius 1 is 1.04 bits per heavy atom. The summed E-state index contributed by atoms with van der Waals surface area (Å²) >= 11 is 5.91. The number of furan rings is 1. The SMILES string of the molecule is COc1cc(-c2ccc(Cl)cc2)oc1NCc1ccccc1.Cl. The molecule has 1 heterocycles. The third-order valence-electron chi connectivity index (χ3n) is 3.34. The van der Waals surface area contributed by atoms with E-state index in [-0.39, 0.29) is 12.4 Å². The lowest BCUT2D eigenvalue weighted by Crippen LogP contribution is -1.99. The second-order valence-electron chi connectivity index (χ2n) is 4.85. The van der Waals surface area contributed by atoms with Crippen LogP contribution in [0.1, 0.15) is 5.56 Å². The molecular weight excluding hydrogens is 333 g/mol. The summed E-state index contributed by atoms with van der Waals surface area (Å²) in [4.78, 5) is 0. The number of ether oxygens (including phenoxy) is 1. The Bertz CT molecular complexity index is 739. The molecule has 5 heteroatoms. The second-order valence-corrected chi connectivity index (χ2v) is 5.29. The van der Waals surface area contributed by atoms with Crippen LogP contribution in [0.5, 0.6) is 5.75 Å². The fraction of sp³-hybridized carbons (Fsp3) is 0.111. The molecule has 1 N–H and O–H groups in total. The number of hydrogen-bond donors (Lipinski definition) is 1. The van der Waals surface area contributed by atoms with Gasteiger partial charge in [0, 0.05) is 23.2 Å². The molecular formula is C18H17Cl2NO2. The van der Waals surface area contributed by atoms with Crippen molar-refractivity contribution >= 4 is 29.9 Å². The smallest absolute Gasteiger partial charge is 0.236 e. The minimum Gasteiger partial charge on any atom is -0.491 e. The molecule has 0 aliphatic heterocycles. The third kappa shape index (κ3) is 4.21. The molecule has 0 fully saturated rings. The number of methoxy groups -OCH3 is 1. The minimum atomic E-state index is 0. The van der Waals surface area contributed by atoms with E-state index in [9.17, 15) is 0 Å². The van der Waals surface area contributed by atoms with E-state index < -0.39 is 0 Å². The maximum Gasteiger partial charge on any atom is 0.236 e. The molecule has 1 aromatic heterocycles. The van der Waals surface area contributed by atoms with Crippen molar-refractivity contribution in [3.05, 3.63) is 71.2 Å².